The quantitative estimate of drug-likeness (QED) is 0.200. The highest BCUT2D eigenvalue weighted by molar-refractivity contribution is 9.10. The normalized spacial score (nSPS) is 15.2. The van der Waals surface area contributed by atoms with Crippen LogP contribution < -0.4 is 19.6 Å². The van der Waals surface area contributed by atoms with Crippen molar-refractivity contribution in [3.63, 3.8) is 0 Å². The molecule has 1 atom stereocenters. The number of esters is 1. The number of nitrogens with zero attached hydrogens (tertiary/aromatic N) is 4. The molecule has 200 valence electrons. The monoisotopic (exact) mass is 690 g/mol. The van der Waals surface area contributed by atoms with E-state index in [1.54, 1.807) is 57.6 Å². The van der Waals surface area contributed by atoms with Gasteiger partial charge in [0, 0.05) is 18.5 Å². The zero-order chi connectivity index (χ0) is 27.7. The van der Waals surface area contributed by atoms with Crippen LogP contribution in [0.3, 0.4) is 0 Å². The number of carbonyl (C=O) groups excluding carboxylic acids is 1. The molecule has 0 fully saturated rings. The number of halogens is 2. The van der Waals surface area contributed by atoms with E-state index in [9.17, 15) is 9.59 Å². The standard InChI is InChI=1S/C26H20Br2N4O5S2/c1-4-36-23(34)20-13(2)31-26-32(21(20)14-6-7-18(35-3)16(27)10-14)22(33)19(38-26)12-15-11-17(28)24(37-15)39-25-29-8-5-9-30-25/h5-12,21H,4H2,1-3H3/b19-12+/t21-/m0/s1. The Balaban J connectivity index is 1.62. The predicted octanol–water partition coefficient (Wildman–Crippen LogP) is 4.87. The molecule has 1 aliphatic rings. The average molecular weight is 692 g/mol. The van der Waals surface area contributed by atoms with Crippen molar-refractivity contribution in [2.24, 2.45) is 4.99 Å². The van der Waals surface area contributed by atoms with Crippen LogP contribution in [0.15, 0.2) is 87.4 Å². The number of carbonyl (C=O) groups is 1. The minimum Gasteiger partial charge on any atom is -0.496 e. The van der Waals surface area contributed by atoms with Crippen LogP contribution in [0.1, 0.15) is 31.2 Å². The van der Waals surface area contributed by atoms with E-state index >= 15 is 0 Å². The molecule has 3 aromatic heterocycles. The van der Waals surface area contributed by atoms with Gasteiger partial charge < -0.3 is 13.9 Å². The van der Waals surface area contributed by atoms with Gasteiger partial charge in [0.15, 0.2) is 15.1 Å². The highest BCUT2D eigenvalue weighted by Gasteiger charge is 2.33. The summed E-state index contributed by atoms with van der Waals surface area (Å²) in [5.41, 5.74) is 1.18. The van der Waals surface area contributed by atoms with Crippen molar-refractivity contribution in [2.75, 3.05) is 13.7 Å². The lowest BCUT2D eigenvalue weighted by Crippen LogP contribution is -2.39. The average Bonchev–Trinajstić information content (AvgIpc) is 3.41. The Hall–Kier alpha value is -3.00. The summed E-state index contributed by atoms with van der Waals surface area (Å²) < 4.78 is 20.0. The van der Waals surface area contributed by atoms with Crippen LogP contribution in [-0.4, -0.2) is 34.2 Å². The summed E-state index contributed by atoms with van der Waals surface area (Å²) in [6.45, 7) is 3.68. The van der Waals surface area contributed by atoms with E-state index in [0.29, 0.717) is 56.9 Å². The van der Waals surface area contributed by atoms with Gasteiger partial charge in [0.25, 0.3) is 5.56 Å². The van der Waals surface area contributed by atoms with Crippen molar-refractivity contribution in [1.82, 2.24) is 14.5 Å². The van der Waals surface area contributed by atoms with E-state index in [0.717, 1.165) is 0 Å². The molecule has 13 heteroatoms. The minimum absolute atomic E-state index is 0.195. The number of aromatic nitrogens is 3. The Morgan fingerprint density at radius 1 is 1.23 bits per heavy atom. The molecule has 1 aromatic carbocycles. The van der Waals surface area contributed by atoms with Crippen LogP contribution in [0.4, 0.5) is 0 Å². The fourth-order valence-corrected chi connectivity index (χ4v) is 6.84. The summed E-state index contributed by atoms with van der Waals surface area (Å²) in [5, 5.41) is 1.09. The largest absolute Gasteiger partial charge is 0.496 e. The predicted molar refractivity (Wildman–Crippen MR) is 154 cm³/mol. The van der Waals surface area contributed by atoms with Gasteiger partial charge in [-0.2, -0.15) is 0 Å². The summed E-state index contributed by atoms with van der Waals surface area (Å²) in [7, 11) is 1.57. The lowest BCUT2D eigenvalue weighted by Gasteiger charge is -2.25. The molecular weight excluding hydrogens is 672 g/mol. The number of rotatable bonds is 7. The number of hydrogen-bond acceptors (Lipinski definition) is 10. The molecule has 1 aliphatic heterocycles. The minimum atomic E-state index is -0.741. The molecule has 4 heterocycles. The first kappa shape index (κ1) is 27.6. The van der Waals surface area contributed by atoms with Gasteiger partial charge in [0.2, 0.25) is 0 Å². The number of hydrogen-bond donors (Lipinski definition) is 0. The molecule has 0 amide bonds. The first-order chi connectivity index (χ1) is 18.8. The molecule has 0 saturated heterocycles. The van der Waals surface area contributed by atoms with Crippen LogP contribution in [0.5, 0.6) is 5.75 Å². The van der Waals surface area contributed by atoms with Crippen LogP contribution >= 0.6 is 55.0 Å². The van der Waals surface area contributed by atoms with Gasteiger partial charge >= 0.3 is 5.97 Å². The first-order valence-electron chi connectivity index (χ1n) is 11.6. The van der Waals surface area contributed by atoms with Crippen molar-refractivity contribution in [3.05, 3.63) is 94.0 Å². The van der Waals surface area contributed by atoms with Gasteiger partial charge in [-0.1, -0.05) is 17.4 Å². The van der Waals surface area contributed by atoms with Crippen molar-refractivity contribution >= 4 is 67.0 Å². The fraction of sp³-hybridized carbons (Fsp3) is 0.192. The van der Waals surface area contributed by atoms with E-state index in [-0.39, 0.29) is 12.2 Å². The van der Waals surface area contributed by atoms with E-state index in [2.05, 4.69) is 46.8 Å². The highest BCUT2D eigenvalue weighted by Crippen LogP contribution is 2.36. The van der Waals surface area contributed by atoms with Gasteiger partial charge in [-0.15, -0.1) is 0 Å². The Morgan fingerprint density at radius 3 is 2.69 bits per heavy atom. The smallest absolute Gasteiger partial charge is 0.338 e. The van der Waals surface area contributed by atoms with Crippen molar-refractivity contribution in [2.45, 2.75) is 30.1 Å². The number of ether oxygens (including phenoxy) is 2. The topological polar surface area (TPSA) is 109 Å². The zero-order valence-electron chi connectivity index (χ0n) is 20.8. The van der Waals surface area contributed by atoms with Gasteiger partial charge in [-0.3, -0.25) is 9.36 Å². The summed E-state index contributed by atoms with van der Waals surface area (Å²) in [6, 6.07) is 8.20. The van der Waals surface area contributed by atoms with Gasteiger partial charge in [0.1, 0.15) is 11.5 Å². The van der Waals surface area contributed by atoms with E-state index in [1.165, 1.54) is 27.7 Å². The molecule has 0 saturated carbocycles. The van der Waals surface area contributed by atoms with Crippen LogP contribution in [-0.2, 0) is 9.53 Å². The summed E-state index contributed by atoms with van der Waals surface area (Å²) in [5.74, 6) is 0.572. The molecule has 0 spiro atoms. The Bertz CT molecular complexity index is 1780. The number of fused-ring (bicyclic) bond motifs is 1. The Morgan fingerprint density at radius 2 is 2.00 bits per heavy atom. The molecule has 0 bridgehead atoms. The lowest BCUT2D eigenvalue weighted by molar-refractivity contribution is -0.139. The molecule has 39 heavy (non-hydrogen) atoms. The molecule has 9 nitrogen and oxygen atoms in total. The van der Waals surface area contributed by atoms with Crippen LogP contribution in [0.25, 0.3) is 6.08 Å². The summed E-state index contributed by atoms with van der Waals surface area (Å²) in [4.78, 5) is 40.4. The maximum atomic E-state index is 13.8. The zero-order valence-corrected chi connectivity index (χ0v) is 25.6. The van der Waals surface area contributed by atoms with Crippen molar-refractivity contribution in [1.29, 1.82) is 0 Å². The summed E-state index contributed by atoms with van der Waals surface area (Å²) in [6.07, 6.45) is 4.96. The number of allylic oxidation sites excluding steroid dienone is 1. The van der Waals surface area contributed by atoms with Crippen molar-refractivity contribution < 1.29 is 18.7 Å². The van der Waals surface area contributed by atoms with Crippen LogP contribution in [0, 0.1) is 0 Å². The Kier molecular flexibility index (Phi) is 8.21. The fourth-order valence-electron chi connectivity index (χ4n) is 4.02. The molecule has 5 rings (SSSR count). The summed E-state index contributed by atoms with van der Waals surface area (Å²) >= 11 is 9.50. The van der Waals surface area contributed by atoms with Gasteiger partial charge in [-0.05, 0) is 87.3 Å². The lowest BCUT2D eigenvalue weighted by atomic mass is 9.96. The number of furan rings is 1. The van der Waals surface area contributed by atoms with Crippen LogP contribution in [0.2, 0.25) is 0 Å². The third-order valence-corrected chi connectivity index (χ3v) is 9.02. The molecule has 0 N–H and O–H groups in total. The maximum Gasteiger partial charge on any atom is 0.338 e. The second kappa shape index (κ2) is 11.6. The SMILES string of the molecule is CCOC(=O)C1=C(C)N=c2s/c(=C/c3cc(Br)c(Sc4ncccn4)o3)c(=O)n2[C@H]1c1ccc(OC)c(Br)c1. The second-order valence-electron chi connectivity index (χ2n) is 8.11. The maximum absolute atomic E-state index is 13.8. The highest BCUT2D eigenvalue weighted by atomic mass is 79.9. The number of methoxy groups -OCH3 is 1. The second-order valence-corrected chi connectivity index (χ2v) is 11.8. The van der Waals surface area contributed by atoms with Gasteiger partial charge in [0.05, 0.1) is 44.5 Å². The van der Waals surface area contributed by atoms with Gasteiger partial charge in [-0.25, -0.2) is 19.8 Å². The molecule has 4 aromatic rings. The number of thiazole rings is 1. The van der Waals surface area contributed by atoms with E-state index in [4.69, 9.17) is 13.9 Å². The molecular formula is C26H20Br2N4O5S2. The third kappa shape index (κ3) is 5.53. The Labute approximate surface area is 247 Å². The van der Waals surface area contributed by atoms with Crippen molar-refractivity contribution in [3.8, 4) is 5.75 Å². The first-order valence-corrected chi connectivity index (χ1v) is 14.8. The molecule has 0 aliphatic carbocycles. The van der Waals surface area contributed by atoms with E-state index in [1.807, 2.05) is 12.1 Å². The molecule has 0 unspecified atom stereocenters. The van der Waals surface area contributed by atoms with E-state index < -0.39 is 12.0 Å². The third-order valence-electron chi connectivity index (χ3n) is 5.68. The number of benzene rings is 1. The molecule has 0 radical (unpaired) electrons.